The van der Waals surface area contributed by atoms with Crippen molar-refractivity contribution in [2.75, 3.05) is 6.54 Å². The highest BCUT2D eigenvalue weighted by Crippen LogP contribution is 2.22. The Bertz CT molecular complexity index is 905. The summed E-state index contributed by atoms with van der Waals surface area (Å²) in [5.74, 6) is 0.0115. The number of nitrogens with one attached hydrogen (secondary N) is 1. The lowest BCUT2D eigenvalue weighted by molar-refractivity contribution is -0.121. The number of hydrogen-bond acceptors (Lipinski definition) is 4. The van der Waals surface area contributed by atoms with Crippen molar-refractivity contribution >= 4 is 34.9 Å². The van der Waals surface area contributed by atoms with Crippen LogP contribution in [0.2, 0.25) is 0 Å². The quantitative estimate of drug-likeness (QED) is 0.730. The van der Waals surface area contributed by atoms with Gasteiger partial charge in [-0.15, -0.1) is 12.4 Å². The standard InChI is InChI=1S/C18H23N5O.ClH/c1-11(10-19)20-17(24)9-8-14-12(2)21-18-15-6-4-5-7-16(15)22-23(18)13(14)3;/h4-7,11H,8-10,19H2,1-3H3,(H,20,24);1H/t11-;/m0./s1. The van der Waals surface area contributed by atoms with E-state index >= 15 is 0 Å². The average molecular weight is 362 g/mol. The van der Waals surface area contributed by atoms with Crippen LogP contribution in [0.15, 0.2) is 24.3 Å². The fourth-order valence-electron chi connectivity index (χ4n) is 2.98. The van der Waals surface area contributed by atoms with Gasteiger partial charge < -0.3 is 11.1 Å². The number of nitrogens with two attached hydrogens (primary N) is 1. The Balaban J connectivity index is 0.00000225. The maximum atomic E-state index is 12.0. The van der Waals surface area contributed by atoms with Gasteiger partial charge in [-0.3, -0.25) is 4.79 Å². The number of nitrogens with zero attached hydrogens (tertiary/aromatic N) is 3. The van der Waals surface area contributed by atoms with Gasteiger partial charge in [0.15, 0.2) is 5.65 Å². The van der Waals surface area contributed by atoms with E-state index in [0.29, 0.717) is 19.4 Å². The number of carbonyl (C=O) groups is 1. The van der Waals surface area contributed by atoms with Crippen molar-refractivity contribution in [1.29, 1.82) is 0 Å². The summed E-state index contributed by atoms with van der Waals surface area (Å²) in [5.41, 5.74) is 10.4. The smallest absolute Gasteiger partial charge is 0.220 e. The van der Waals surface area contributed by atoms with Gasteiger partial charge in [0.25, 0.3) is 0 Å². The summed E-state index contributed by atoms with van der Waals surface area (Å²) in [5, 5.41) is 8.58. The summed E-state index contributed by atoms with van der Waals surface area (Å²) in [6.07, 6.45) is 1.06. The third kappa shape index (κ3) is 3.75. The van der Waals surface area contributed by atoms with Crippen molar-refractivity contribution in [3.05, 3.63) is 41.2 Å². The van der Waals surface area contributed by atoms with Gasteiger partial charge in [0, 0.05) is 35.8 Å². The largest absolute Gasteiger partial charge is 0.352 e. The summed E-state index contributed by atoms with van der Waals surface area (Å²) >= 11 is 0. The van der Waals surface area contributed by atoms with Gasteiger partial charge >= 0.3 is 0 Å². The summed E-state index contributed by atoms with van der Waals surface area (Å²) in [7, 11) is 0. The molecule has 2 aromatic heterocycles. The molecule has 25 heavy (non-hydrogen) atoms. The molecule has 0 radical (unpaired) electrons. The zero-order valence-electron chi connectivity index (χ0n) is 14.7. The van der Waals surface area contributed by atoms with Gasteiger partial charge in [0.1, 0.15) is 0 Å². The Hall–Kier alpha value is -2.18. The van der Waals surface area contributed by atoms with Gasteiger partial charge in [-0.05, 0) is 44.9 Å². The zero-order chi connectivity index (χ0) is 17.3. The monoisotopic (exact) mass is 361 g/mol. The van der Waals surface area contributed by atoms with Gasteiger partial charge in [-0.25, -0.2) is 9.50 Å². The van der Waals surface area contributed by atoms with Crippen molar-refractivity contribution in [3.63, 3.8) is 0 Å². The highest BCUT2D eigenvalue weighted by molar-refractivity contribution is 5.92. The molecule has 2 heterocycles. The molecule has 0 saturated carbocycles. The van der Waals surface area contributed by atoms with Crippen LogP contribution < -0.4 is 11.1 Å². The second kappa shape index (κ2) is 7.80. The molecule has 3 N–H and O–H groups in total. The Morgan fingerprint density at radius 3 is 2.76 bits per heavy atom. The Kier molecular flexibility index (Phi) is 5.98. The van der Waals surface area contributed by atoms with Crippen LogP contribution in [0.5, 0.6) is 0 Å². The third-order valence-electron chi connectivity index (χ3n) is 4.38. The minimum absolute atomic E-state index is 0. The summed E-state index contributed by atoms with van der Waals surface area (Å²) in [6, 6.07) is 7.98. The Labute approximate surface area is 153 Å². The molecule has 134 valence electrons. The molecule has 0 spiro atoms. The first-order valence-electron chi connectivity index (χ1n) is 8.24. The van der Waals surface area contributed by atoms with E-state index in [2.05, 4.69) is 10.4 Å². The third-order valence-corrected chi connectivity index (χ3v) is 4.38. The Morgan fingerprint density at radius 2 is 2.04 bits per heavy atom. The number of halogens is 1. The molecule has 0 unspecified atom stereocenters. The van der Waals surface area contributed by atoms with Crippen molar-refractivity contribution in [2.24, 2.45) is 5.73 Å². The molecule has 0 bridgehead atoms. The van der Waals surface area contributed by atoms with E-state index < -0.39 is 0 Å². The predicted octanol–water partition coefficient (Wildman–Crippen LogP) is 2.32. The van der Waals surface area contributed by atoms with E-state index in [-0.39, 0.29) is 24.4 Å². The molecule has 0 aliphatic rings. The molecule has 0 aliphatic carbocycles. The highest BCUT2D eigenvalue weighted by atomic mass is 35.5. The van der Waals surface area contributed by atoms with Crippen LogP contribution >= 0.6 is 12.4 Å². The summed E-state index contributed by atoms with van der Waals surface area (Å²) in [6.45, 7) is 6.36. The average Bonchev–Trinajstić information content (AvgIpc) is 2.93. The maximum absolute atomic E-state index is 12.0. The van der Waals surface area contributed by atoms with Crippen LogP contribution in [0.4, 0.5) is 0 Å². The molecule has 6 nitrogen and oxygen atoms in total. The van der Waals surface area contributed by atoms with Gasteiger partial charge in [0.05, 0.1) is 5.52 Å². The number of aromatic nitrogens is 3. The number of aryl methyl sites for hydroxylation is 2. The van der Waals surface area contributed by atoms with E-state index in [1.807, 2.05) is 49.6 Å². The Morgan fingerprint density at radius 1 is 1.32 bits per heavy atom. The van der Waals surface area contributed by atoms with E-state index in [4.69, 9.17) is 10.7 Å². The molecule has 0 saturated heterocycles. The SMILES string of the molecule is Cc1nc2c3ccccc3nn2c(C)c1CCC(=O)N[C@@H](C)CN.Cl. The van der Waals surface area contributed by atoms with E-state index in [0.717, 1.165) is 33.5 Å². The van der Waals surface area contributed by atoms with Crippen LogP contribution in [-0.4, -0.2) is 33.1 Å². The molecule has 3 rings (SSSR count). The lowest BCUT2D eigenvalue weighted by atomic mass is 10.1. The minimum atomic E-state index is -0.00304. The molecule has 1 aromatic carbocycles. The summed E-state index contributed by atoms with van der Waals surface area (Å²) < 4.78 is 1.88. The second-order valence-corrected chi connectivity index (χ2v) is 6.22. The van der Waals surface area contributed by atoms with E-state index in [1.165, 1.54) is 0 Å². The first-order chi connectivity index (χ1) is 11.5. The minimum Gasteiger partial charge on any atom is -0.352 e. The van der Waals surface area contributed by atoms with Crippen molar-refractivity contribution < 1.29 is 4.79 Å². The second-order valence-electron chi connectivity index (χ2n) is 6.22. The number of fused-ring (bicyclic) bond motifs is 3. The molecule has 7 heteroatoms. The van der Waals surface area contributed by atoms with Crippen molar-refractivity contribution in [2.45, 2.75) is 39.7 Å². The number of benzene rings is 1. The van der Waals surface area contributed by atoms with E-state index in [9.17, 15) is 4.79 Å². The molecule has 1 atom stereocenters. The zero-order valence-corrected chi connectivity index (χ0v) is 15.6. The summed E-state index contributed by atoms with van der Waals surface area (Å²) in [4.78, 5) is 16.7. The fourth-order valence-corrected chi connectivity index (χ4v) is 2.98. The van der Waals surface area contributed by atoms with Crippen LogP contribution in [-0.2, 0) is 11.2 Å². The predicted molar refractivity (Wildman–Crippen MR) is 102 cm³/mol. The molecular weight excluding hydrogens is 338 g/mol. The number of rotatable bonds is 5. The van der Waals surface area contributed by atoms with Crippen LogP contribution in [0, 0.1) is 13.8 Å². The fraction of sp³-hybridized carbons (Fsp3) is 0.389. The number of carbonyl (C=O) groups excluding carboxylic acids is 1. The van der Waals surface area contributed by atoms with Crippen molar-refractivity contribution in [1.82, 2.24) is 19.9 Å². The van der Waals surface area contributed by atoms with Gasteiger partial charge in [0.2, 0.25) is 5.91 Å². The van der Waals surface area contributed by atoms with Crippen LogP contribution in [0.3, 0.4) is 0 Å². The van der Waals surface area contributed by atoms with E-state index in [1.54, 1.807) is 0 Å². The van der Waals surface area contributed by atoms with Gasteiger partial charge in [-0.2, -0.15) is 5.10 Å². The van der Waals surface area contributed by atoms with Gasteiger partial charge in [-0.1, -0.05) is 12.1 Å². The first-order valence-corrected chi connectivity index (χ1v) is 8.24. The van der Waals surface area contributed by atoms with Crippen LogP contribution in [0.1, 0.15) is 30.3 Å². The number of hydrogen-bond donors (Lipinski definition) is 2. The number of amides is 1. The first kappa shape index (κ1) is 19.1. The molecule has 0 aliphatic heterocycles. The maximum Gasteiger partial charge on any atom is 0.220 e. The molecule has 0 fully saturated rings. The normalized spacial score (nSPS) is 12.2. The molecule has 1 amide bonds. The highest BCUT2D eigenvalue weighted by Gasteiger charge is 2.15. The van der Waals surface area contributed by atoms with Crippen molar-refractivity contribution in [3.8, 4) is 0 Å². The molecule has 3 aromatic rings. The topological polar surface area (TPSA) is 85.3 Å². The molecular formula is C18H24ClN5O. The van der Waals surface area contributed by atoms with Crippen LogP contribution in [0.25, 0.3) is 16.6 Å². The lowest BCUT2D eigenvalue weighted by Gasteiger charge is -2.13. The lowest BCUT2D eigenvalue weighted by Crippen LogP contribution is -2.37.